The number of amides is 1. The summed E-state index contributed by atoms with van der Waals surface area (Å²) in [6, 6.07) is 11.9. The molecule has 33 heavy (non-hydrogen) atoms. The number of ether oxygens (including phenoxy) is 2. The van der Waals surface area contributed by atoms with Crippen molar-refractivity contribution in [3.05, 3.63) is 58.7 Å². The number of rotatable bonds is 5. The zero-order chi connectivity index (χ0) is 23.2. The van der Waals surface area contributed by atoms with Gasteiger partial charge in [-0.3, -0.25) is 9.69 Å². The molecule has 1 fully saturated rings. The number of aromatic nitrogens is 2. The first kappa shape index (κ1) is 21.6. The normalized spacial score (nSPS) is 20.0. The molecular formula is C26H29N3O4. The number of esters is 1. The van der Waals surface area contributed by atoms with Gasteiger partial charge in [-0.2, -0.15) is 0 Å². The average Bonchev–Trinajstić information content (AvgIpc) is 3.33. The van der Waals surface area contributed by atoms with Crippen molar-refractivity contribution in [1.29, 1.82) is 0 Å². The fourth-order valence-electron chi connectivity index (χ4n) is 5.34. The minimum absolute atomic E-state index is 0.127. The fourth-order valence-corrected chi connectivity index (χ4v) is 5.34. The van der Waals surface area contributed by atoms with E-state index in [4.69, 9.17) is 14.5 Å². The lowest BCUT2D eigenvalue weighted by molar-refractivity contribution is -0.126. The number of hydrogen-bond donors (Lipinski definition) is 0. The largest absolute Gasteiger partial charge is 0.465 e. The molecule has 0 N–H and O–H groups in total. The molecule has 2 aliphatic rings. The van der Waals surface area contributed by atoms with Crippen LogP contribution in [0.2, 0.25) is 0 Å². The van der Waals surface area contributed by atoms with Crippen molar-refractivity contribution in [1.82, 2.24) is 9.55 Å². The Labute approximate surface area is 193 Å². The van der Waals surface area contributed by atoms with E-state index in [1.54, 1.807) is 7.11 Å². The molecule has 0 saturated carbocycles. The molecule has 1 amide bonds. The Morgan fingerprint density at radius 3 is 2.76 bits per heavy atom. The van der Waals surface area contributed by atoms with Crippen molar-refractivity contribution in [3.8, 4) is 0 Å². The second-order valence-corrected chi connectivity index (χ2v) is 9.19. The van der Waals surface area contributed by atoms with Gasteiger partial charge < -0.3 is 14.0 Å². The number of imidazole rings is 1. The van der Waals surface area contributed by atoms with Gasteiger partial charge in [-0.1, -0.05) is 12.1 Å². The van der Waals surface area contributed by atoms with E-state index in [2.05, 4.69) is 17.6 Å². The van der Waals surface area contributed by atoms with E-state index >= 15 is 0 Å². The lowest BCUT2D eigenvalue weighted by Crippen LogP contribution is -2.39. The van der Waals surface area contributed by atoms with Gasteiger partial charge in [0.1, 0.15) is 0 Å². The van der Waals surface area contributed by atoms with Crippen molar-refractivity contribution < 1.29 is 19.1 Å². The summed E-state index contributed by atoms with van der Waals surface area (Å²) < 4.78 is 12.3. The maximum atomic E-state index is 13.9. The zero-order valence-corrected chi connectivity index (χ0v) is 19.4. The molecule has 1 aliphatic carbocycles. The van der Waals surface area contributed by atoms with E-state index in [1.165, 1.54) is 12.7 Å². The Bertz CT molecular complexity index is 1250. The molecule has 7 heteroatoms. The van der Waals surface area contributed by atoms with Gasteiger partial charge in [0.15, 0.2) is 0 Å². The lowest BCUT2D eigenvalue weighted by Gasteiger charge is -2.33. The van der Waals surface area contributed by atoms with Crippen LogP contribution in [0.1, 0.15) is 39.9 Å². The molecule has 1 spiro atoms. The number of carbonyl (C=O) groups is 2. The number of hydrogen-bond acceptors (Lipinski definition) is 5. The van der Waals surface area contributed by atoms with Crippen molar-refractivity contribution >= 4 is 28.9 Å². The Balaban J connectivity index is 1.49. The molecule has 2 heterocycles. The molecule has 0 unspecified atom stereocenters. The van der Waals surface area contributed by atoms with Crippen LogP contribution >= 0.6 is 0 Å². The van der Waals surface area contributed by atoms with Gasteiger partial charge in [-0.15, -0.1) is 0 Å². The highest BCUT2D eigenvalue weighted by Crippen LogP contribution is 2.45. The van der Waals surface area contributed by atoms with Crippen LogP contribution in [0.4, 0.5) is 5.95 Å². The third-order valence-electron chi connectivity index (χ3n) is 7.19. The smallest absolute Gasteiger partial charge is 0.337 e. The number of anilines is 1. The van der Waals surface area contributed by atoms with Crippen molar-refractivity contribution in [3.63, 3.8) is 0 Å². The fraction of sp³-hybridized carbons (Fsp3) is 0.423. The number of carbonyl (C=O) groups excluding carboxylic acids is 2. The molecule has 5 rings (SSSR count). The molecule has 172 valence electrons. The second kappa shape index (κ2) is 8.30. The maximum absolute atomic E-state index is 13.9. The minimum Gasteiger partial charge on any atom is -0.465 e. The molecule has 2 aromatic carbocycles. The number of benzene rings is 2. The molecule has 1 atom stereocenters. The quantitative estimate of drug-likeness (QED) is 0.558. The van der Waals surface area contributed by atoms with Crippen molar-refractivity contribution in [2.45, 2.75) is 39.2 Å². The van der Waals surface area contributed by atoms with Crippen LogP contribution in [-0.4, -0.2) is 48.8 Å². The predicted octanol–water partition coefficient (Wildman–Crippen LogP) is 3.69. The summed E-state index contributed by atoms with van der Waals surface area (Å²) in [5.74, 6) is 0.477. The third-order valence-corrected chi connectivity index (χ3v) is 7.19. The number of fused-ring (bicyclic) bond motifs is 2. The maximum Gasteiger partial charge on any atom is 0.337 e. The highest BCUT2D eigenvalue weighted by molar-refractivity contribution is 6.00. The Kier molecular flexibility index (Phi) is 5.44. The molecule has 1 saturated heterocycles. The summed E-state index contributed by atoms with van der Waals surface area (Å²) in [5, 5.41) is 0. The standard InChI is InChI=1S/C26H29N3O4/c1-17-4-7-21-22(14-17)28(12-13-32-2)25(27-21)29-11-10-26(24(29)31)9-8-18-5-6-19(23(30)33-3)15-20(18)16-26/h4-7,14-15H,8-13,16H2,1-3H3/t26-/m1/s1. The van der Waals surface area contributed by atoms with E-state index in [-0.39, 0.29) is 11.9 Å². The minimum atomic E-state index is -0.456. The third kappa shape index (κ3) is 3.60. The highest BCUT2D eigenvalue weighted by Gasteiger charge is 2.49. The number of aryl methyl sites for hydroxylation is 2. The zero-order valence-electron chi connectivity index (χ0n) is 19.4. The van der Waals surface area contributed by atoms with Crippen LogP contribution in [0.3, 0.4) is 0 Å². The summed E-state index contributed by atoms with van der Waals surface area (Å²) in [4.78, 5) is 32.6. The predicted molar refractivity (Wildman–Crippen MR) is 126 cm³/mol. The molecule has 3 aromatic rings. The number of methoxy groups -OCH3 is 2. The topological polar surface area (TPSA) is 73.7 Å². The summed E-state index contributed by atoms with van der Waals surface area (Å²) in [6.45, 7) is 3.88. The molecule has 0 radical (unpaired) electrons. The summed E-state index contributed by atoms with van der Waals surface area (Å²) in [5.41, 5.74) is 5.42. The van der Waals surface area contributed by atoms with E-state index < -0.39 is 5.41 Å². The Morgan fingerprint density at radius 1 is 1.12 bits per heavy atom. The van der Waals surface area contributed by atoms with E-state index in [0.717, 1.165) is 41.4 Å². The van der Waals surface area contributed by atoms with Crippen molar-refractivity contribution in [2.75, 3.05) is 32.3 Å². The van der Waals surface area contributed by atoms with Gasteiger partial charge in [0.05, 0.1) is 35.7 Å². The monoisotopic (exact) mass is 447 g/mol. The van der Waals surface area contributed by atoms with Crippen LogP contribution in [0.25, 0.3) is 11.0 Å². The number of nitrogens with zero attached hydrogens (tertiary/aromatic N) is 3. The van der Waals surface area contributed by atoms with Gasteiger partial charge in [-0.25, -0.2) is 9.78 Å². The first-order valence-corrected chi connectivity index (χ1v) is 11.4. The molecule has 1 aromatic heterocycles. The van der Waals surface area contributed by atoms with Crippen LogP contribution < -0.4 is 4.90 Å². The Hall–Kier alpha value is -3.19. The van der Waals surface area contributed by atoms with Gasteiger partial charge in [0, 0.05) is 20.2 Å². The van der Waals surface area contributed by atoms with E-state index in [9.17, 15) is 9.59 Å². The second-order valence-electron chi connectivity index (χ2n) is 9.19. The van der Waals surface area contributed by atoms with E-state index in [1.807, 2.05) is 35.2 Å². The Morgan fingerprint density at radius 2 is 1.97 bits per heavy atom. The molecule has 0 bridgehead atoms. The highest BCUT2D eigenvalue weighted by atomic mass is 16.5. The summed E-state index contributed by atoms with van der Waals surface area (Å²) in [6.07, 6.45) is 3.06. The SMILES string of the molecule is COCCn1c(N2CC[C@@]3(CCc4ccc(C(=O)OC)cc4C3)C2=O)nc2ccc(C)cc21. The van der Waals surface area contributed by atoms with Gasteiger partial charge in [0.2, 0.25) is 11.9 Å². The molecule has 7 nitrogen and oxygen atoms in total. The first-order valence-electron chi connectivity index (χ1n) is 11.4. The van der Waals surface area contributed by atoms with Crippen LogP contribution in [0, 0.1) is 12.3 Å². The summed E-state index contributed by atoms with van der Waals surface area (Å²) >= 11 is 0. The van der Waals surface area contributed by atoms with E-state index in [0.29, 0.717) is 37.6 Å². The van der Waals surface area contributed by atoms with Crippen LogP contribution in [-0.2, 0) is 33.7 Å². The summed E-state index contributed by atoms with van der Waals surface area (Å²) in [7, 11) is 3.07. The molecular weight excluding hydrogens is 418 g/mol. The van der Waals surface area contributed by atoms with Crippen LogP contribution in [0.15, 0.2) is 36.4 Å². The van der Waals surface area contributed by atoms with Crippen LogP contribution in [0.5, 0.6) is 0 Å². The van der Waals surface area contributed by atoms with Gasteiger partial charge >= 0.3 is 5.97 Å². The van der Waals surface area contributed by atoms with Crippen molar-refractivity contribution in [2.24, 2.45) is 5.41 Å². The average molecular weight is 448 g/mol. The van der Waals surface area contributed by atoms with Gasteiger partial charge in [-0.05, 0) is 73.6 Å². The molecule has 1 aliphatic heterocycles. The van der Waals surface area contributed by atoms with Gasteiger partial charge in [0.25, 0.3) is 0 Å². The first-order chi connectivity index (χ1) is 16.0. The lowest BCUT2D eigenvalue weighted by atomic mass is 9.70.